The van der Waals surface area contributed by atoms with E-state index in [1.165, 1.54) is 43.9 Å². The van der Waals surface area contributed by atoms with E-state index in [0.29, 0.717) is 11.7 Å². The summed E-state index contributed by atoms with van der Waals surface area (Å²) in [5.41, 5.74) is 1.15. The number of morpholine rings is 1. The van der Waals surface area contributed by atoms with Gasteiger partial charge < -0.3 is 10.1 Å². The summed E-state index contributed by atoms with van der Waals surface area (Å²) >= 11 is 1.48. The van der Waals surface area contributed by atoms with Crippen LogP contribution in [-0.2, 0) is 9.53 Å². The number of hydrogen-bond donors (Lipinski definition) is 1. The van der Waals surface area contributed by atoms with Crippen molar-refractivity contribution in [3.8, 4) is 5.69 Å². The lowest BCUT2D eigenvalue weighted by Crippen LogP contribution is -2.59. The summed E-state index contributed by atoms with van der Waals surface area (Å²) in [6.07, 6.45) is 8.44. The summed E-state index contributed by atoms with van der Waals surface area (Å²) in [5, 5.41) is 13.0. The Morgan fingerprint density at radius 1 is 1.09 bits per heavy atom. The Morgan fingerprint density at radius 2 is 1.84 bits per heavy atom. The average Bonchev–Trinajstić information content (AvgIpc) is 3.62. The van der Waals surface area contributed by atoms with Crippen LogP contribution in [0.25, 0.3) is 5.69 Å². The lowest BCUT2D eigenvalue weighted by Gasteiger charge is -2.48. The Morgan fingerprint density at radius 3 is 2.56 bits per heavy atom. The van der Waals surface area contributed by atoms with E-state index in [0.717, 1.165) is 62.4 Å². The zero-order valence-electron chi connectivity index (χ0n) is 18.7. The topological polar surface area (TPSA) is 72.3 Å². The second kappa shape index (κ2) is 9.93. The maximum atomic E-state index is 12.9. The number of thioether (sulfide) groups is 1. The van der Waals surface area contributed by atoms with E-state index in [4.69, 9.17) is 4.74 Å². The quantitative estimate of drug-likeness (QED) is 0.615. The number of nitrogens with zero attached hydrogens (tertiary/aromatic N) is 4. The molecule has 3 fully saturated rings. The monoisotopic (exact) mass is 455 g/mol. The number of benzene rings is 1. The fourth-order valence-electron chi connectivity index (χ4n) is 5.10. The van der Waals surface area contributed by atoms with Crippen LogP contribution in [0.3, 0.4) is 0 Å². The summed E-state index contributed by atoms with van der Waals surface area (Å²) in [4.78, 5) is 15.4. The summed E-state index contributed by atoms with van der Waals surface area (Å²) < 4.78 is 7.70. The molecule has 0 bridgehead atoms. The molecule has 0 spiro atoms. The number of hydrogen-bond acceptors (Lipinski definition) is 6. The van der Waals surface area contributed by atoms with Crippen LogP contribution in [0, 0.1) is 0 Å². The van der Waals surface area contributed by atoms with Crippen molar-refractivity contribution in [2.24, 2.45) is 0 Å². The normalized spacial score (nSPS) is 21.4. The molecule has 1 amide bonds. The maximum Gasteiger partial charge on any atom is 0.230 e. The molecule has 8 heteroatoms. The first-order valence-electron chi connectivity index (χ1n) is 12.0. The standard InChI is InChI=1S/C24H33N5O2S/c30-21(25-18-24(11-5-2-6-12-24)28-13-15-31-16-14-28)17-32-23-27-26-22(19-9-10-19)29(23)20-7-3-1-4-8-20/h1,3-4,7-8,19H,2,5-6,9-18H2,(H,25,30). The van der Waals surface area contributed by atoms with Crippen molar-refractivity contribution in [3.05, 3.63) is 36.2 Å². The maximum absolute atomic E-state index is 12.9. The highest BCUT2D eigenvalue weighted by atomic mass is 32.2. The number of rotatable bonds is 8. The number of amides is 1. The van der Waals surface area contributed by atoms with Crippen molar-refractivity contribution in [2.75, 3.05) is 38.6 Å². The number of ether oxygens (including phenoxy) is 1. The van der Waals surface area contributed by atoms with Gasteiger partial charge in [0.05, 0.1) is 19.0 Å². The van der Waals surface area contributed by atoms with E-state index in [9.17, 15) is 4.79 Å². The minimum Gasteiger partial charge on any atom is -0.379 e. The molecule has 0 radical (unpaired) electrons. The zero-order chi connectivity index (χ0) is 21.8. The van der Waals surface area contributed by atoms with Crippen LogP contribution in [0.15, 0.2) is 35.5 Å². The van der Waals surface area contributed by atoms with Gasteiger partial charge in [0, 0.05) is 36.8 Å². The Bertz CT molecular complexity index is 902. The molecule has 32 heavy (non-hydrogen) atoms. The Labute approximate surface area is 194 Å². The van der Waals surface area contributed by atoms with Crippen LogP contribution < -0.4 is 5.32 Å². The number of nitrogens with one attached hydrogen (secondary N) is 1. The highest BCUT2D eigenvalue weighted by Gasteiger charge is 2.39. The van der Waals surface area contributed by atoms with Gasteiger partial charge in [-0.15, -0.1) is 10.2 Å². The predicted molar refractivity (Wildman–Crippen MR) is 125 cm³/mol. The van der Waals surface area contributed by atoms with E-state index in [1.54, 1.807) is 0 Å². The molecular weight excluding hydrogens is 422 g/mol. The van der Waals surface area contributed by atoms with Crippen LogP contribution in [0.2, 0.25) is 0 Å². The number of aromatic nitrogens is 3. The summed E-state index contributed by atoms with van der Waals surface area (Å²) in [6.45, 7) is 4.25. The molecule has 1 aromatic carbocycles. The zero-order valence-corrected chi connectivity index (χ0v) is 19.5. The first-order chi connectivity index (χ1) is 15.8. The first-order valence-corrected chi connectivity index (χ1v) is 13.0. The van der Waals surface area contributed by atoms with Crippen LogP contribution >= 0.6 is 11.8 Å². The molecule has 1 aliphatic heterocycles. The van der Waals surface area contributed by atoms with Crippen molar-refractivity contribution in [3.63, 3.8) is 0 Å². The molecule has 1 aromatic heterocycles. The highest BCUT2D eigenvalue weighted by molar-refractivity contribution is 7.99. The fourth-order valence-corrected chi connectivity index (χ4v) is 5.89. The van der Waals surface area contributed by atoms with Gasteiger partial charge in [-0.2, -0.15) is 0 Å². The average molecular weight is 456 g/mol. The third-order valence-electron chi connectivity index (χ3n) is 7.03. The van der Waals surface area contributed by atoms with Gasteiger partial charge in [-0.3, -0.25) is 14.3 Å². The van der Waals surface area contributed by atoms with Crippen molar-refractivity contribution >= 4 is 17.7 Å². The van der Waals surface area contributed by atoms with Gasteiger partial charge in [0.1, 0.15) is 5.82 Å². The van der Waals surface area contributed by atoms with E-state index >= 15 is 0 Å². The van der Waals surface area contributed by atoms with Gasteiger partial charge in [-0.25, -0.2) is 0 Å². The van der Waals surface area contributed by atoms with Crippen LogP contribution in [0.5, 0.6) is 0 Å². The largest absolute Gasteiger partial charge is 0.379 e. The van der Waals surface area contributed by atoms with Gasteiger partial charge in [0.15, 0.2) is 5.16 Å². The number of para-hydroxylation sites is 1. The Kier molecular flexibility index (Phi) is 6.80. The molecule has 0 atom stereocenters. The summed E-state index contributed by atoms with van der Waals surface area (Å²) in [5.74, 6) is 1.94. The second-order valence-electron chi connectivity index (χ2n) is 9.24. The molecule has 1 saturated heterocycles. The second-order valence-corrected chi connectivity index (χ2v) is 10.2. The van der Waals surface area contributed by atoms with Gasteiger partial charge >= 0.3 is 0 Å². The minimum atomic E-state index is 0.0730. The molecule has 5 rings (SSSR count). The van der Waals surface area contributed by atoms with Gasteiger partial charge in [0.25, 0.3) is 0 Å². The van der Waals surface area contributed by atoms with Crippen molar-refractivity contribution in [1.29, 1.82) is 0 Å². The van der Waals surface area contributed by atoms with Crippen molar-refractivity contribution in [2.45, 2.75) is 61.6 Å². The van der Waals surface area contributed by atoms with E-state index in [2.05, 4.69) is 37.1 Å². The smallest absolute Gasteiger partial charge is 0.230 e. The molecule has 3 aliphatic rings. The van der Waals surface area contributed by atoms with E-state index in [1.807, 2.05) is 18.2 Å². The van der Waals surface area contributed by atoms with Crippen LogP contribution in [0.4, 0.5) is 0 Å². The first kappa shape index (κ1) is 21.9. The molecule has 7 nitrogen and oxygen atoms in total. The molecule has 172 valence electrons. The van der Waals surface area contributed by atoms with Crippen LogP contribution in [0.1, 0.15) is 56.7 Å². The van der Waals surface area contributed by atoms with Crippen LogP contribution in [-0.4, -0.2) is 69.7 Å². The number of carbonyl (C=O) groups excluding carboxylic acids is 1. The third kappa shape index (κ3) is 4.87. The third-order valence-corrected chi connectivity index (χ3v) is 7.96. The summed E-state index contributed by atoms with van der Waals surface area (Å²) in [7, 11) is 0. The molecular formula is C24H33N5O2S. The summed E-state index contributed by atoms with van der Waals surface area (Å²) in [6, 6.07) is 10.2. The fraction of sp³-hybridized carbons (Fsp3) is 0.625. The highest BCUT2D eigenvalue weighted by Crippen LogP contribution is 2.41. The lowest BCUT2D eigenvalue weighted by atomic mass is 9.79. The molecule has 0 unspecified atom stereocenters. The SMILES string of the molecule is O=C(CSc1nnc(C2CC2)n1-c1ccccc1)NCC1(N2CCOCC2)CCCCC1. The minimum absolute atomic E-state index is 0.0730. The van der Waals surface area contributed by atoms with E-state index in [-0.39, 0.29) is 11.4 Å². The molecule has 2 aromatic rings. The lowest BCUT2D eigenvalue weighted by molar-refractivity contribution is -0.119. The van der Waals surface area contributed by atoms with Gasteiger partial charge in [-0.05, 0) is 37.8 Å². The van der Waals surface area contributed by atoms with E-state index < -0.39 is 0 Å². The Balaban J connectivity index is 1.22. The Hall–Kier alpha value is -1.90. The number of carbonyl (C=O) groups is 1. The molecule has 2 saturated carbocycles. The van der Waals surface area contributed by atoms with Crippen molar-refractivity contribution < 1.29 is 9.53 Å². The predicted octanol–water partition coefficient (Wildman–Crippen LogP) is 3.39. The van der Waals surface area contributed by atoms with Gasteiger partial charge in [-0.1, -0.05) is 49.2 Å². The molecule has 2 aliphatic carbocycles. The van der Waals surface area contributed by atoms with Gasteiger partial charge in [0.2, 0.25) is 5.91 Å². The molecule has 2 heterocycles. The molecule has 1 N–H and O–H groups in total. The van der Waals surface area contributed by atoms with Crippen molar-refractivity contribution in [1.82, 2.24) is 25.0 Å².